The number of carbonyl (C=O) groups is 1. The second kappa shape index (κ2) is 14.4. The lowest BCUT2D eigenvalue weighted by Crippen LogP contribution is -2.17. The molecule has 46 heavy (non-hydrogen) atoms. The summed E-state index contributed by atoms with van der Waals surface area (Å²) >= 11 is 5.16. The number of aromatic nitrogens is 1. The molecular formula is C37H31BrN4O3S. The number of hydrogen-bond donors (Lipinski definition) is 2. The molecule has 0 unspecified atom stereocenters. The zero-order valence-corrected chi connectivity index (χ0v) is 27.7. The summed E-state index contributed by atoms with van der Waals surface area (Å²) in [4.78, 5) is 17.5. The number of hydrazone groups is 1. The maximum Gasteiger partial charge on any atom is 0.271 e. The summed E-state index contributed by atoms with van der Waals surface area (Å²) in [6.07, 6.45) is 1.58. The van der Waals surface area contributed by atoms with Gasteiger partial charge in [0.1, 0.15) is 6.61 Å². The van der Waals surface area contributed by atoms with Crippen molar-refractivity contribution in [2.24, 2.45) is 5.10 Å². The molecule has 0 radical (unpaired) electrons. The van der Waals surface area contributed by atoms with Crippen molar-refractivity contribution in [1.29, 1.82) is 0 Å². The zero-order chi connectivity index (χ0) is 31.9. The van der Waals surface area contributed by atoms with Gasteiger partial charge in [0.15, 0.2) is 16.6 Å². The maximum atomic E-state index is 12.8. The van der Waals surface area contributed by atoms with Gasteiger partial charge < -0.3 is 14.8 Å². The van der Waals surface area contributed by atoms with Gasteiger partial charge in [-0.1, -0.05) is 72.3 Å². The summed E-state index contributed by atoms with van der Waals surface area (Å²) < 4.78 is 12.9. The van der Waals surface area contributed by atoms with Crippen molar-refractivity contribution in [3.05, 3.63) is 135 Å². The van der Waals surface area contributed by atoms with Crippen LogP contribution in [0.5, 0.6) is 11.5 Å². The number of amides is 1. The van der Waals surface area contributed by atoms with Crippen molar-refractivity contribution in [3.8, 4) is 22.8 Å². The average molecular weight is 692 g/mol. The van der Waals surface area contributed by atoms with Crippen LogP contribution in [-0.4, -0.2) is 23.7 Å². The third-order valence-electron chi connectivity index (χ3n) is 7.21. The fourth-order valence-corrected chi connectivity index (χ4v) is 6.19. The van der Waals surface area contributed by atoms with E-state index in [1.807, 2.05) is 66.9 Å². The van der Waals surface area contributed by atoms with Crippen molar-refractivity contribution >= 4 is 61.0 Å². The molecule has 0 saturated heterocycles. The lowest BCUT2D eigenvalue weighted by Gasteiger charge is -2.15. The molecule has 1 aromatic heterocycles. The largest absolute Gasteiger partial charge is 0.490 e. The summed E-state index contributed by atoms with van der Waals surface area (Å²) in [7, 11) is 0. The Morgan fingerprint density at radius 3 is 2.54 bits per heavy atom. The minimum atomic E-state index is -0.318. The van der Waals surface area contributed by atoms with Gasteiger partial charge in [-0.05, 0) is 88.1 Å². The molecule has 0 saturated carbocycles. The fraction of sp³-hybridized carbons (Fsp3) is 0.108. The summed E-state index contributed by atoms with van der Waals surface area (Å²) in [6.45, 7) is 4.83. The highest BCUT2D eigenvalue weighted by Gasteiger charge is 2.14. The molecule has 0 aliphatic heterocycles. The van der Waals surface area contributed by atoms with E-state index >= 15 is 0 Å². The van der Waals surface area contributed by atoms with Crippen LogP contribution in [0.3, 0.4) is 0 Å². The highest BCUT2D eigenvalue weighted by Crippen LogP contribution is 2.37. The SMILES string of the molecule is CCOc1cc(/C=N\NC(=O)c2ccc(-c3csc(Nc4ccc(C)cc4)n3)cc2)cc(Br)c1OCc1cccc2ccccc12. The predicted octanol–water partition coefficient (Wildman–Crippen LogP) is 9.52. The molecule has 0 aliphatic rings. The van der Waals surface area contributed by atoms with Gasteiger partial charge in [0.2, 0.25) is 0 Å². The number of aryl methyl sites for hydroxylation is 1. The highest BCUT2D eigenvalue weighted by atomic mass is 79.9. The molecule has 0 bridgehead atoms. The molecule has 6 aromatic rings. The highest BCUT2D eigenvalue weighted by molar-refractivity contribution is 9.10. The monoisotopic (exact) mass is 690 g/mol. The first-order valence-corrected chi connectivity index (χ1v) is 16.4. The minimum absolute atomic E-state index is 0.318. The Morgan fingerprint density at radius 1 is 0.957 bits per heavy atom. The van der Waals surface area contributed by atoms with Crippen LogP contribution in [0.2, 0.25) is 0 Å². The molecule has 0 spiro atoms. The Bertz CT molecular complexity index is 2000. The minimum Gasteiger partial charge on any atom is -0.490 e. The van der Waals surface area contributed by atoms with E-state index in [2.05, 4.69) is 80.1 Å². The number of carbonyl (C=O) groups excluding carboxylic acids is 1. The topological polar surface area (TPSA) is 84.8 Å². The molecule has 1 amide bonds. The van der Waals surface area contributed by atoms with E-state index in [1.54, 1.807) is 18.3 Å². The number of thiazole rings is 1. The van der Waals surface area contributed by atoms with Crippen LogP contribution in [-0.2, 0) is 6.61 Å². The number of fused-ring (bicyclic) bond motifs is 1. The van der Waals surface area contributed by atoms with E-state index in [0.29, 0.717) is 30.3 Å². The van der Waals surface area contributed by atoms with Crippen molar-refractivity contribution in [3.63, 3.8) is 0 Å². The van der Waals surface area contributed by atoms with Crippen LogP contribution in [0.15, 0.2) is 118 Å². The number of halogens is 1. The van der Waals surface area contributed by atoms with Crippen LogP contribution in [0, 0.1) is 6.92 Å². The Balaban J connectivity index is 1.08. The fourth-order valence-electron chi connectivity index (χ4n) is 4.88. The van der Waals surface area contributed by atoms with Gasteiger partial charge in [-0.3, -0.25) is 4.79 Å². The predicted molar refractivity (Wildman–Crippen MR) is 191 cm³/mol. The quantitative estimate of drug-likeness (QED) is 0.104. The molecule has 9 heteroatoms. The van der Waals surface area contributed by atoms with E-state index in [-0.39, 0.29) is 5.91 Å². The van der Waals surface area contributed by atoms with Gasteiger partial charge in [-0.2, -0.15) is 5.10 Å². The summed E-state index contributed by atoms with van der Waals surface area (Å²) in [5.41, 5.74) is 8.87. The van der Waals surface area contributed by atoms with Crippen molar-refractivity contribution in [2.45, 2.75) is 20.5 Å². The zero-order valence-electron chi connectivity index (χ0n) is 25.3. The van der Waals surface area contributed by atoms with E-state index in [9.17, 15) is 4.79 Å². The second-order valence-electron chi connectivity index (χ2n) is 10.5. The third kappa shape index (κ3) is 7.44. The van der Waals surface area contributed by atoms with Gasteiger partial charge in [0, 0.05) is 22.2 Å². The van der Waals surface area contributed by atoms with Gasteiger partial charge in [0.05, 0.1) is 23.0 Å². The van der Waals surface area contributed by atoms with E-state index in [4.69, 9.17) is 9.47 Å². The smallest absolute Gasteiger partial charge is 0.271 e. The Kier molecular flexibility index (Phi) is 9.71. The molecule has 2 N–H and O–H groups in total. The maximum absolute atomic E-state index is 12.8. The normalized spacial score (nSPS) is 11.1. The number of nitrogens with one attached hydrogen (secondary N) is 2. The summed E-state index contributed by atoms with van der Waals surface area (Å²) in [6, 6.07) is 33.6. The Hall–Kier alpha value is -4.99. The van der Waals surface area contributed by atoms with Crippen LogP contribution in [0.4, 0.5) is 10.8 Å². The first-order valence-electron chi connectivity index (χ1n) is 14.8. The second-order valence-corrected chi connectivity index (χ2v) is 12.2. The molecule has 230 valence electrons. The van der Waals surface area contributed by atoms with Gasteiger partial charge in [-0.25, -0.2) is 10.4 Å². The molecule has 7 nitrogen and oxygen atoms in total. The molecule has 5 aromatic carbocycles. The van der Waals surface area contributed by atoms with Gasteiger partial charge in [0.25, 0.3) is 5.91 Å². The number of ether oxygens (including phenoxy) is 2. The van der Waals surface area contributed by atoms with E-state index in [1.165, 1.54) is 16.9 Å². The first-order chi connectivity index (χ1) is 22.5. The Morgan fingerprint density at radius 2 is 1.74 bits per heavy atom. The standard InChI is InChI=1S/C37H31BrN4O3S/c1-3-44-34-20-25(19-32(38)35(34)45-22-29-9-6-8-26-7-4-5-10-31(26)29)21-39-42-36(43)28-15-13-27(14-16-28)33-23-46-37(41-33)40-30-17-11-24(2)12-18-30/h4-21,23H,3,22H2,1-2H3,(H,40,41)(H,42,43)/b39-21-. The molecule has 0 aliphatic carbocycles. The average Bonchev–Trinajstić information content (AvgIpc) is 3.54. The lowest BCUT2D eigenvalue weighted by molar-refractivity contribution is 0.0955. The molecular weight excluding hydrogens is 660 g/mol. The number of anilines is 2. The van der Waals surface area contributed by atoms with Crippen LogP contribution in [0.25, 0.3) is 22.0 Å². The summed E-state index contributed by atoms with van der Waals surface area (Å²) in [5, 5.41) is 12.6. The molecule has 0 atom stereocenters. The van der Waals surface area contributed by atoms with Crippen molar-refractivity contribution < 1.29 is 14.3 Å². The summed E-state index contributed by atoms with van der Waals surface area (Å²) in [5.74, 6) is 0.871. The van der Waals surface area contributed by atoms with Gasteiger partial charge >= 0.3 is 0 Å². The van der Waals surface area contributed by atoms with E-state index in [0.717, 1.165) is 48.4 Å². The number of rotatable bonds is 11. The lowest BCUT2D eigenvalue weighted by atomic mass is 10.1. The molecule has 6 rings (SSSR count). The number of hydrogen-bond acceptors (Lipinski definition) is 7. The van der Waals surface area contributed by atoms with Crippen LogP contribution in [0.1, 0.15) is 34.0 Å². The third-order valence-corrected chi connectivity index (χ3v) is 8.56. The first kappa shape index (κ1) is 31.0. The Labute approximate surface area is 280 Å². The number of nitrogens with zero attached hydrogens (tertiary/aromatic N) is 2. The van der Waals surface area contributed by atoms with Crippen molar-refractivity contribution in [1.82, 2.24) is 10.4 Å². The molecule has 0 fully saturated rings. The van der Waals surface area contributed by atoms with Crippen LogP contribution >= 0.6 is 27.3 Å². The van der Waals surface area contributed by atoms with Crippen molar-refractivity contribution in [2.75, 3.05) is 11.9 Å². The number of benzene rings is 5. The van der Waals surface area contributed by atoms with Crippen LogP contribution < -0.4 is 20.2 Å². The van der Waals surface area contributed by atoms with Gasteiger partial charge in [-0.15, -0.1) is 11.3 Å². The van der Waals surface area contributed by atoms with E-state index < -0.39 is 0 Å². The molecule has 1 heterocycles.